The first-order valence-electron chi connectivity index (χ1n) is 11.1. The van der Waals surface area contributed by atoms with Gasteiger partial charge in [-0.1, -0.05) is 6.07 Å². The molecule has 30 heavy (non-hydrogen) atoms. The monoisotopic (exact) mass is 407 g/mol. The fourth-order valence-corrected chi connectivity index (χ4v) is 5.42. The van der Waals surface area contributed by atoms with Crippen molar-refractivity contribution in [3.8, 4) is 0 Å². The summed E-state index contributed by atoms with van der Waals surface area (Å²) in [4.78, 5) is 5.11. The number of piperazine rings is 1. The second-order valence-corrected chi connectivity index (χ2v) is 9.15. The van der Waals surface area contributed by atoms with E-state index in [4.69, 9.17) is 0 Å². The van der Waals surface area contributed by atoms with E-state index in [9.17, 15) is 4.39 Å². The van der Waals surface area contributed by atoms with Crippen LogP contribution in [0.15, 0.2) is 42.7 Å². The summed E-state index contributed by atoms with van der Waals surface area (Å²) in [5, 5.41) is 8.93. The lowest BCUT2D eigenvalue weighted by Crippen LogP contribution is -2.57. The lowest BCUT2D eigenvalue weighted by molar-refractivity contribution is 0.0481. The third kappa shape index (κ3) is 3.47. The van der Waals surface area contributed by atoms with Crippen LogP contribution in [0.3, 0.4) is 0 Å². The number of rotatable bonds is 3. The molecule has 2 fully saturated rings. The van der Waals surface area contributed by atoms with Gasteiger partial charge in [0.2, 0.25) is 0 Å². The van der Waals surface area contributed by atoms with E-state index >= 15 is 0 Å². The number of anilines is 1. The van der Waals surface area contributed by atoms with E-state index in [1.54, 1.807) is 6.07 Å². The second-order valence-electron chi connectivity index (χ2n) is 9.15. The molecule has 0 unspecified atom stereocenters. The van der Waals surface area contributed by atoms with E-state index < -0.39 is 0 Å². The Hall–Kier alpha value is -2.47. The van der Waals surface area contributed by atoms with Gasteiger partial charge < -0.3 is 9.47 Å². The highest BCUT2D eigenvalue weighted by Crippen LogP contribution is 2.40. The quantitative estimate of drug-likeness (QED) is 0.637. The Morgan fingerprint density at radius 3 is 2.57 bits per heavy atom. The maximum atomic E-state index is 14.1. The number of aryl methyl sites for hydroxylation is 1. The Morgan fingerprint density at radius 1 is 1.07 bits per heavy atom. The van der Waals surface area contributed by atoms with Crippen LogP contribution in [0.4, 0.5) is 10.1 Å². The second kappa shape index (κ2) is 7.65. The zero-order chi connectivity index (χ0) is 20.7. The van der Waals surface area contributed by atoms with Gasteiger partial charge in [0.25, 0.3) is 0 Å². The van der Waals surface area contributed by atoms with Crippen LogP contribution in [0, 0.1) is 12.7 Å². The summed E-state index contributed by atoms with van der Waals surface area (Å²) in [6.45, 7) is 8.66. The maximum Gasteiger partial charge on any atom is 0.132 e. The molecule has 2 aliphatic rings. The minimum atomic E-state index is -0.121. The van der Waals surface area contributed by atoms with Crippen molar-refractivity contribution in [2.75, 3.05) is 31.1 Å². The number of nitrogens with zero attached hydrogens (tertiary/aromatic N) is 5. The summed E-state index contributed by atoms with van der Waals surface area (Å²) < 4.78 is 16.4. The molecule has 0 amide bonds. The molecule has 1 aromatic carbocycles. The third-order valence-electron chi connectivity index (χ3n) is 7.31. The SMILES string of the molecule is Cc1cc(N2CCN(C3(C)CCC(n4ccc5c(F)cccc54)CC3)CC2)cnn1. The van der Waals surface area contributed by atoms with E-state index in [2.05, 4.69) is 43.8 Å². The van der Waals surface area contributed by atoms with Gasteiger partial charge in [-0.05, 0) is 63.8 Å². The predicted molar refractivity (Wildman–Crippen MR) is 118 cm³/mol. The Morgan fingerprint density at radius 2 is 1.83 bits per heavy atom. The Kier molecular flexibility index (Phi) is 4.97. The summed E-state index contributed by atoms with van der Waals surface area (Å²) in [7, 11) is 0. The van der Waals surface area contributed by atoms with Crippen LogP contribution in [0.25, 0.3) is 10.9 Å². The summed E-state index contributed by atoms with van der Waals surface area (Å²) in [6.07, 6.45) is 8.60. The maximum absolute atomic E-state index is 14.1. The van der Waals surface area contributed by atoms with E-state index in [0.717, 1.165) is 55.6 Å². The third-order valence-corrected chi connectivity index (χ3v) is 7.31. The summed E-state index contributed by atoms with van der Waals surface area (Å²) in [5.41, 5.74) is 3.43. The van der Waals surface area contributed by atoms with E-state index in [-0.39, 0.29) is 11.4 Å². The molecule has 158 valence electrons. The topological polar surface area (TPSA) is 37.2 Å². The summed E-state index contributed by atoms with van der Waals surface area (Å²) >= 11 is 0. The molecule has 1 aliphatic carbocycles. The van der Waals surface area contributed by atoms with Crippen molar-refractivity contribution in [2.24, 2.45) is 0 Å². The van der Waals surface area contributed by atoms with Crippen LogP contribution >= 0.6 is 0 Å². The molecule has 1 saturated heterocycles. The van der Waals surface area contributed by atoms with Crippen molar-refractivity contribution in [1.29, 1.82) is 0 Å². The molecular formula is C24H30FN5. The highest BCUT2D eigenvalue weighted by atomic mass is 19.1. The normalized spacial score (nSPS) is 25.7. The largest absolute Gasteiger partial charge is 0.368 e. The highest BCUT2D eigenvalue weighted by molar-refractivity contribution is 5.80. The van der Waals surface area contributed by atoms with Gasteiger partial charge in [0, 0.05) is 49.3 Å². The number of halogens is 1. The fraction of sp³-hybridized carbons (Fsp3) is 0.500. The van der Waals surface area contributed by atoms with Crippen molar-refractivity contribution < 1.29 is 4.39 Å². The van der Waals surface area contributed by atoms with Crippen molar-refractivity contribution >= 4 is 16.6 Å². The molecule has 5 rings (SSSR count). The molecule has 3 heterocycles. The molecule has 6 heteroatoms. The highest BCUT2D eigenvalue weighted by Gasteiger charge is 2.38. The molecule has 5 nitrogen and oxygen atoms in total. The van der Waals surface area contributed by atoms with E-state index in [1.807, 2.05) is 31.3 Å². The van der Waals surface area contributed by atoms with E-state index in [1.165, 1.54) is 18.5 Å². The van der Waals surface area contributed by atoms with Gasteiger partial charge in [0.1, 0.15) is 5.82 Å². The molecule has 0 atom stereocenters. The summed E-state index contributed by atoms with van der Waals surface area (Å²) in [6, 6.07) is 9.92. The van der Waals surface area contributed by atoms with Gasteiger partial charge in [-0.3, -0.25) is 4.90 Å². The molecule has 0 spiro atoms. The molecule has 0 bridgehead atoms. The van der Waals surface area contributed by atoms with Gasteiger partial charge >= 0.3 is 0 Å². The fourth-order valence-electron chi connectivity index (χ4n) is 5.42. The number of benzene rings is 1. The number of hydrogen-bond donors (Lipinski definition) is 0. The zero-order valence-electron chi connectivity index (χ0n) is 17.9. The van der Waals surface area contributed by atoms with Gasteiger partial charge in [-0.15, -0.1) is 0 Å². The Labute approximate surface area is 177 Å². The molecule has 3 aromatic rings. The van der Waals surface area contributed by atoms with Gasteiger partial charge in [-0.2, -0.15) is 10.2 Å². The van der Waals surface area contributed by atoms with Crippen molar-refractivity contribution in [1.82, 2.24) is 19.7 Å². The minimum absolute atomic E-state index is 0.121. The Balaban J connectivity index is 1.23. The average Bonchev–Trinajstić information content (AvgIpc) is 3.20. The van der Waals surface area contributed by atoms with Crippen molar-refractivity contribution in [3.05, 3.63) is 54.2 Å². The molecule has 1 saturated carbocycles. The molecule has 1 aliphatic heterocycles. The lowest BCUT2D eigenvalue weighted by atomic mass is 9.79. The van der Waals surface area contributed by atoms with Crippen molar-refractivity contribution in [3.63, 3.8) is 0 Å². The minimum Gasteiger partial charge on any atom is -0.368 e. The standard InChI is InChI=1S/C24H30FN5/c1-18-16-20(17-26-27-18)28-12-14-29(15-13-28)24(2)9-6-19(7-10-24)30-11-8-21-22(25)4-3-5-23(21)30/h3-5,8,11,16-17,19H,6-7,9-10,12-15H2,1-2H3. The first-order valence-corrected chi connectivity index (χ1v) is 11.1. The van der Waals surface area contributed by atoms with Crippen LogP contribution in [-0.2, 0) is 0 Å². The lowest BCUT2D eigenvalue weighted by Gasteiger charge is -2.49. The van der Waals surface area contributed by atoms with Gasteiger partial charge in [-0.25, -0.2) is 4.39 Å². The van der Waals surface area contributed by atoms with Crippen LogP contribution in [0.5, 0.6) is 0 Å². The zero-order valence-corrected chi connectivity index (χ0v) is 17.9. The Bertz CT molecular complexity index is 1030. The molecule has 0 N–H and O–H groups in total. The smallest absolute Gasteiger partial charge is 0.132 e. The van der Waals surface area contributed by atoms with Crippen LogP contribution in [0.2, 0.25) is 0 Å². The van der Waals surface area contributed by atoms with Crippen molar-refractivity contribution in [2.45, 2.75) is 51.1 Å². The van der Waals surface area contributed by atoms with Crippen LogP contribution < -0.4 is 4.90 Å². The number of fused-ring (bicyclic) bond motifs is 1. The van der Waals surface area contributed by atoms with Gasteiger partial charge in [0.05, 0.1) is 23.1 Å². The van der Waals surface area contributed by atoms with Crippen LogP contribution in [-0.4, -0.2) is 51.4 Å². The average molecular weight is 408 g/mol. The van der Waals surface area contributed by atoms with Gasteiger partial charge in [0.15, 0.2) is 0 Å². The molecular weight excluding hydrogens is 377 g/mol. The van der Waals surface area contributed by atoms with Crippen LogP contribution in [0.1, 0.15) is 44.3 Å². The molecule has 0 radical (unpaired) electrons. The first kappa shape index (κ1) is 19.5. The summed E-state index contributed by atoms with van der Waals surface area (Å²) in [5.74, 6) is -0.121. The molecule has 2 aromatic heterocycles. The first-order chi connectivity index (χ1) is 14.5. The predicted octanol–water partition coefficient (Wildman–Crippen LogP) is 4.57. The van der Waals surface area contributed by atoms with E-state index in [0.29, 0.717) is 6.04 Å². The number of hydrogen-bond acceptors (Lipinski definition) is 4. The number of aromatic nitrogens is 3.